The second kappa shape index (κ2) is 6.54. The average Bonchev–Trinajstić information content (AvgIpc) is 2.13. The van der Waals surface area contributed by atoms with Gasteiger partial charge in [-0.2, -0.15) is 0 Å². The van der Waals surface area contributed by atoms with Crippen molar-refractivity contribution in [3.05, 3.63) is 0 Å². The highest BCUT2D eigenvalue weighted by molar-refractivity contribution is 6.68. The highest BCUT2D eigenvalue weighted by atomic mass is 28.4. The molecule has 0 saturated carbocycles. The quantitative estimate of drug-likeness (QED) is 0.510. The van der Waals surface area contributed by atoms with E-state index in [4.69, 9.17) is 14.6 Å². The fourth-order valence-corrected chi connectivity index (χ4v) is 4.40. The molecule has 0 atom stereocenters. The van der Waals surface area contributed by atoms with Crippen molar-refractivity contribution in [3.8, 4) is 0 Å². The van der Waals surface area contributed by atoms with Crippen LogP contribution in [0.3, 0.4) is 0 Å². The van der Waals surface area contributed by atoms with Gasteiger partial charge in [0.15, 0.2) is 0 Å². The fraction of sp³-hybridized carbons (Fsp3) is 1.00. The molecule has 0 rings (SSSR count). The summed E-state index contributed by atoms with van der Waals surface area (Å²) < 4.78 is 11.1. The normalized spacial score (nSPS) is 12.5. The van der Waals surface area contributed by atoms with Crippen molar-refractivity contribution in [1.82, 2.24) is 0 Å². The Balaban J connectivity index is 4.06. The van der Waals surface area contributed by atoms with E-state index in [2.05, 4.69) is 13.8 Å². The molecule has 0 aromatic rings. The number of rotatable bonds is 7. The molecule has 0 spiro atoms. The molecule has 0 radical (unpaired) electrons. The molecule has 0 unspecified atom stereocenters. The molecule has 0 heterocycles. The average molecular weight is 205 g/mol. The van der Waals surface area contributed by atoms with E-state index in [1.165, 1.54) is 0 Å². The van der Waals surface area contributed by atoms with Gasteiger partial charge in [0, 0.05) is 14.2 Å². The predicted molar refractivity (Wildman–Crippen MR) is 58.0 cm³/mol. The third-order valence-corrected chi connectivity index (χ3v) is 6.74. The van der Waals surface area contributed by atoms with Crippen LogP contribution in [0.15, 0.2) is 0 Å². The van der Waals surface area contributed by atoms with Gasteiger partial charge in [-0.25, -0.2) is 0 Å². The SMILES string of the molecule is CO[Si](CCCCN)(OC)C(C)C. The summed E-state index contributed by atoms with van der Waals surface area (Å²) in [6.45, 7) is 5.10. The molecule has 0 fully saturated rings. The van der Waals surface area contributed by atoms with Gasteiger partial charge in [0.2, 0.25) is 0 Å². The lowest BCUT2D eigenvalue weighted by Gasteiger charge is -2.31. The van der Waals surface area contributed by atoms with Crippen LogP contribution in [0.2, 0.25) is 11.6 Å². The van der Waals surface area contributed by atoms with Crippen LogP contribution in [0.1, 0.15) is 26.7 Å². The lowest BCUT2D eigenvalue weighted by atomic mass is 10.3. The zero-order valence-corrected chi connectivity index (χ0v) is 10.3. The van der Waals surface area contributed by atoms with Gasteiger partial charge in [0.1, 0.15) is 0 Å². The molecule has 2 N–H and O–H groups in total. The molecular weight excluding hydrogens is 182 g/mol. The number of hydrogen-bond acceptors (Lipinski definition) is 3. The zero-order valence-electron chi connectivity index (χ0n) is 9.30. The van der Waals surface area contributed by atoms with E-state index in [1.807, 2.05) is 0 Å². The van der Waals surface area contributed by atoms with Crippen molar-refractivity contribution in [3.63, 3.8) is 0 Å². The zero-order chi connectivity index (χ0) is 10.3. The molecule has 4 heteroatoms. The number of hydrogen-bond donors (Lipinski definition) is 1. The minimum atomic E-state index is -1.91. The van der Waals surface area contributed by atoms with Crippen molar-refractivity contribution in [1.29, 1.82) is 0 Å². The van der Waals surface area contributed by atoms with Gasteiger partial charge in [-0.05, 0) is 24.6 Å². The van der Waals surface area contributed by atoms with E-state index in [0.717, 1.165) is 25.4 Å². The third-order valence-electron chi connectivity index (χ3n) is 2.55. The van der Waals surface area contributed by atoms with E-state index in [9.17, 15) is 0 Å². The topological polar surface area (TPSA) is 44.5 Å². The molecule has 0 amide bonds. The van der Waals surface area contributed by atoms with Crippen molar-refractivity contribution in [2.75, 3.05) is 20.8 Å². The number of unbranched alkanes of at least 4 members (excludes halogenated alkanes) is 1. The second-order valence-electron chi connectivity index (χ2n) is 3.62. The van der Waals surface area contributed by atoms with Crippen LogP contribution in [0.5, 0.6) is 0 Å². The summed E-state index contributed by atoms with van der Waals surface area (Å²) >= 11 is 0. The van der Waals surface area contributed by atoms with Crippen LogP contribution in [0, 0.1) is 0 Å². The maximum atomic E-state index is 5.57. The first-order chi connectivity index (χ1) is 6.13. The van der Waals surface area contributed by atoms with Gasteiger partial charge in [0.05, 0.1) is 0 Å². The minimum absolute atomic E-state index is 0.500. The molecule has 0 bridgehead atoms. The minimum Gasteiger partial charge on any atom is -0.397 e. The third kappa shape index (κ3) is 3.77. The van der Waals surface area contributed by atoms with Crippen LogP contribution in [-0.2, 0) is 8.85 Å². The molecule has 0 aliphatic rings. The maximum Gasteiger partial charge on any atom is 0.340 e. The lowest BCUT2D eigenvalue weighted by Crippen LogP contribution is -2.43. The van der Waals surface area contributed by atoms with E-state index in [1.54, 1.807) is 14.2 Å². The molecule has 0 aromatic heterocycles. The van der Waals surface area contributed by atoms with Crippen LogP contribution in [0.25, 0.3) is 0 Å². The first-order valence-electron chi connectivity index (χ1n) is 4.93. The standard InChI is InChI=1S/C9H23NO2Si/c1-9(2)13(11-3,12-4)8-6-5-7-10/h9H,5-8,10H2,1-4H3. The summed E-state index contributed by atoms with van der Waals surface area (Å²) in [5.41, 5.74) is 5.95. The van der Waals surface area contributed by atoms with Gasteiger partial charge in [-0.1, -0.05) is 20.3 Å². The largest absolute Gasteiger partial charge is 0.397 e. The van der Waals surface area contributed by atoms with Gasteiger partial charge < -0.3 is 14.6 Å². The van der Waals surface area contributed by atoms with Gasteiger partial charge in [-0.3, -0.25) is 0 Å². The van der Waals surface area contributed by atoms with Gasteiger partial charge >= 0.3 is 8.56 Å². The van der Waals surface area contributed by atoms with Crippen molar-refractivity contribution in [2.45, 2.75) is 38.3 Å². The van der Waals surface area contributed by atoms with Crippen LogP contribution >= 0.6 is 0 Å². The van der Waals surface area contributed by atoms with E-state index >= 15 is 0 Å². The van der Waals surface area contributed by atoms with E-state index in [0.29, 0.717) is 5.54 Å². The summed E-state index contributed by atoms with van der Waals surface area (Å²) in [4.78, 5) is 0. The Morgan fingerprint density at radius 1 is 1.15 bits per heavy atom. The van der Waals surface area contributed by atoms with Crippen LogP contribution < -0.4 is 5.73 Å². The van der Waals surface area contributed by atoms with Crippen LogP contribution in [0.4, 0.5) is 0 Å². The second-order valence-corrected chi connectivity index (χ2v) is 7.72. The van der Waals surface area contributed by atoms with E-state index < -0.39 is 8.56 Å². The summed E-state index contributed by atoms with van der Waals surface area (Å²) in [6.07, 6.45) is 2.18. The first-order valence-corrected chi connectivity index (χ1v) is 7.03. The van der Waals surface area contributed by atoms with Crippen molar-refractivity contribution < 1.29 is 8.85 Å². The van der Waals surface area contributed by atoms with Crippen LogP contribution in [-0.4, -0.2) is 29.3 Å². The monoisotopic (exact) mass is 205 g/mol. The summed E-state index contributed by atoms with van der Waals surface area (Å²) in [5.74, 6) is 0. The Bertz CT molecular complexity index is 127. The molecule has 0 aliphatic heterocycles. The lowest BCUT2D eigenvalue weighted by molar-refractivity contribution is 0.231. The summed E-state index contributed by atoms with van der Waals surface area (Å²) in [5, 5.41) is 0. The Kier molecular flexibility index (Phi) is 6.58. The first kappa shape index (κ1) is 13.1. The summed E-state index contributed by atoms with van der Waals surface area (Å²) in [7, 11) is 1.61. The smallest absolute Gasteiger partial charge is 0.340 e. The molecule has 0 aromatic carbocycles. The van der Waals surface area contributed by atoms with Gasteiger partial charge in [-0.15, -0.1) is 0 Å². The summed E-state index contributed by atoms with van der Waals surface area (Å²) in [6, 6.07) is 1.05. The fourth-order valence-electron chi connectivity index (χ4n) is 1.56. The van der Waals surface area contributed by atoms with E-state index in [-0.39, 0.29) is 0 Å². The molecule has 13 heavy (non-hydrogen) atoms. The Hall–Kier alpha value is 0.0969. The Morgan fingerprint density at radius 2 is 1.69 bits per heavy atom. The Morgan fingerprint density at radius 3 is 2.00 bits per heavy atom. The molecule has 0 aliphatic carbocycles. The maximum absolute atomic E-state index is 5.57. The predicted octanol–water partition coefficient (Wildman–Crippen LogP) is 1.87. The number of nitrogens with two attached hydrogens (primary N) is 1. The molecule has 0 saturated heterocycles. The molecular formula is C9H23NO2Si. The van der Waals surface area contributed by atoms with Crippen molar-refractivity contribution in [2.24, 2.45) is 5.73 Å². The van der Waals surface area contributed by atoms with Crippen molar-refractivity contribution >= 4 is 8.56 Å². The highest BCUT2D eigenvalue weighted by Crippen LogP contribution is 2.27. The molecule has 80 valence electrons. The molecule has 3 nitrogen and oxygen atoms in total. The highest BCUT2D eigenvalue weighted by Gasteiger charge is 2.38. The van der Waals surface area contributed by atoms with Gasteiger partial charge in [0.25, 0.3) is 0 Å². The Labute approximate surface area is 82.9 Å².